The van der Waals surface area contributed by atoms with Crippen LogP contribution in [0.4, 0.5) is 17.2 Å². The Kier molecular flexibility index (Phi) is 4.38. The van der Waals surface area contributed by atoms with Gasteiger partial charge >= 0.3 is 0 Å². The lowest BCUT2D eigenvalue weighted by molar-refractivity contribution is 0.102. The summed E-state index contributed by atoms with van der Waals surface area (Å²) in [6.45, 7) is 1.75. The van der Waals surface area contributed by atoms with Crippen molar-refractivity contribution in [1.82, 2.24) is 10.1 Å². The maximum absolute atomic E-state index is 12.1. The predicted octanol–water partition coefficient (Wildman–Crippen LogP) is 4.14. The second-order valence-corrected chi connectivity index (χ2v) is 5.76. The van der Waals surface area contributed by atoms with E-state index in [-0.39, 0.29) is 5.91 Å². The Morgan fingerprint density at radius 3 is 2.70 bits per heavy atom. The molecule has 0 saturated carbocycles. The standard InChI is InChI=1S/C16H13BrN4O2/c1-10-7-15(21-23-10)20-16(22)14-6-5-13(9-18-14)19-12-4-2-3-11(17)8-12/h2-9,19H,1H3,(H,20,21,22). The Labute approximate surface area is 141 Å². The molecule has 6 nitrogen and oxygen atoms in total. The molecule has 0 atom stereocenters. The number of benzene rings is 1. The van der Waals surface area contributed by atoms with Gasteiger partial charge in [0.05, 0.1) is 11.9 Å². The summed E-state index contributed by atoms with van der Waals surface area (Å²) in [4.78, 5) is 16.2. The van der Waals surface area contributed by atoms with E-state index in [0.29, 0.717) is 17.3 Å². The lowest BCUT2D eigenvalue weighted by atomic mass is 10.3. The second-order valence-electron chi connectivity index (χ2n) is 4.84. The molecule has 3 aromatic rings. The van der Waals surface area contributed by atoms with Crippen molar-refractivity contribution in [3.63, 3.8) is 0 Å². The van der Waals surface area contributed by atoms with Crippen LogP contribution in [0.2, 0.25) is 0 Å². The Hall–Kier alpha value is -2.67. The molecule has 7 heteroatoms. The number of hydrogen-bond donors (Lipinski definition) is 2. The highest BCUT2D eigenvalue weighted by atomic mass is 79.9. The lowest BCUT2D eigenvalue weighted by Crippen LogP contribution is -2.13. The zero-order valence-electron chi connectivity index (χ0n) is 12.2. The molecule has 0 radical (unpaired) electrons. The molecule has 0 aliphatic carbocycles. The summed E-state index contributed by atoms with van der Waals surface area (Å²) in [5.41, 5.74) is 2.01. The van der Waals surface area contributed by atoms with E-state index in [1.54, 1.807) is 31.3 Å². The molecule has 1 aromatic carbocycles. The predicted molar refractivity (Wildman–Crippen MR) is 90.9 cm³/mol. The first-order valence-corrected chi connectivity index (χ1v) is 7.63. The van der Waals surface area contributed by atoms with Gasteiger partial charge in [-0.25, -0.2) is 4.98 Å². The fourth-order valence-electron chi connectivity index (χ4n) is 1.94. The zero-order chi connectivity index (χ0) is 16.2. The van der Waals surface area contributed by atoms with Crippen molar-refractivity contribution < 1.29 is 9.32 Å². The normalized spacial score (nSPS) is 10.3. The van der Waals surface area contributed by atoms with E-state index in [0.717, 1.165) is 15.8 Å². The highest BCUT2D eigenvalue weighted by Crippen LogP contribution is 2.20. The number of aryl methyl sites for hydroxylation is 1. The van der Waals surface area contributed by atoms with E-state index < -0.39 is 0 Å². The maximum atomic E-state index is 12.1. The van der Waals surface area contributed by atoms with Crippen LogP contribution in [0.1, 0.15) is 16.2 Å². The number of nitrogens with one attached hydrogen (secondary N) is 2. The Bertz CT molecular complexity index is 830. The van der Waals surface area contributed by atoms with Gasteiger partial charge in [-0.3, -0.25) is 4.79 Å². The molecule has 2 aromatic heterocycles. The van der Waals surface area contributed by atoms with Crippen LogP contribution in [0.3, 0.4) is 0 Å². The van der Waals surface area contributed by atoms with E-state index in [1.165, 1.54) is 0 Å². The molecule has 0 unspecified atom stereocenters. The first-order chi connectivity index (χ1) is 11.1. The van der Waals surface area contributed by atoms with Crippen LogP contribution in [0.15, 0.2) is 57.7 Å². The van der Waals surface area contributed by atoms with Gasteiger partial charge in [0.2, 0.25) is 0 Å². The molecule has 1 amide bonds. The van der Waals surface area contributed by atoms with Gasteiger partial charge < -0.3 is 15.2 Å². The number of hydrogen-bond acceptors (Lipinski definition) is 5. The zero-order valence-corrected chi connectivity index (χ0v) is 13.8. The lowest BCUT2D eigenvalue weighted by Gasteiger charge is -2.07. The molecule has 116 valence electrons. The molecular formula is C16H13BrN4O2. The molecule has 3 rings (SSSR count). The number of nitrogens with zero attached hydrogens (tertiary/aromatic N) is 2. The molecular weight excluding hydrogens is 360 g/mol. The Morgan fingerprint density at radius 2 is 2.04 bits per heavy atom. The number of rotatable bonds is 4. The molecule has 2 heterocycles. The SMILES string of the molecule is Cc1cc(NC(=O)c2ccc(Nc3cccc(Br)c3)cn2)no1. The third-order valence-electron chi connectivity index (χ3n) is 2.98. The van der Waals surface area contributed by atoms with Gasteiger partial charge in [-0.05, 0) is 37.3 Å². The monoisotopic (exact) mass is 372 g/mol. The summed E-state index contributed by atoms with van der Waals surface area (Å²) in [6, 6.07) is 12.8. The van der Waals surface area contributed by atoms with Crippen LogP contribution in [0.5, 0.6) is 0 Å². The molecule has 2 N–H and O–H groups in total. The van der Waals surface area contributed by atoms with Gasteiger partial charge in [-0.1, -0.05) is 27.2 Å². The van der Waals surface area contributed by atoms with Gasteiger partial charge in [0.25, 0.3) is 5.91 Å². The molecule has 23 heavy (non-hydrogen) atoms. The van der Waals surface area contributed by atoms with Crippen molar-refractivity contribution in [1.29, 1.82) is 0 Å². The summed E-state index contributed by atoms with van der Waals surface area (Å²) >= 11 is 3.42. The van der Waals surface area contributed by atoms with E-state index >= 15 is 0 Å². The topological polar surface area (TPSA) is 80.0 Å². The highest BCUT2D eigenvalue weighted by Gasteiger charge is 2.10. The number of carbonyl (C=O) groups is 1. The van der Waals surface area contributed by atoms with Gasteiger partial charge in [-0.15, -0.1) is 0 Å². The molecule has 0 saturated heterocycles. The van der Waals surface area contributed by atoms with Crippen LogP contribution >= 0.6 is 15.9 Å². The number of carbonyl (C=O) groups excluding carboxylic acids is 1. The van der Waals surface area contributed by atoms with Crippen molar-refractivity contribution in [2.75, 3.05) is 10.6 Å². The Balaban J connectivity index is 1.68. The van der Waals surface area contributed by atoms with Crippen molar-refractivity contribution >= 4 is 39.0 Å². The molecule has 0 bridgehead atoms. The molecule has 0 spiro atoms. The van der Waals surface area contributed by atoms with Crippen molar-refractivity contribution in [3.8, 4) is 0 Å². The van der Waals surface area contributed by atoms with Crippen molar-refractivity contribution in [2.24, 2.45) is 0 Å². The van der Waals surface area contributed by atoms with E-state index in [9.17, 15) is 4.79 Å². The minimum atomic E-state index is -0.340. The first kappa shape index (κ1) is 15.2. The van der Waals surface area contributed by atoms with E-state index in [4.69, 9.17) is 4.52 Å². The first-order valence-electron chi connectivity index (χ1n) is 6.83. The van der Waals surface area contributed by atoms with Crippen molar-refractivity contribution in [3.05, 3.63) is 64.6 Å². The fourth-order valence-corrected chi connectivity index (χ4v) is 2.34. The molecule has 0 aliphatic rings. The maximum Gasteiger partial charge on any atom is 0.275 e. The number of aromatic nitrogens is 2. The summed E-state index contributed by atoms with van der Waals surface area (Å²) in [7, 11) is 0. The quantitative estimate of drug-likeness (QED) is 0.719. The van der Waals surface area contributed by atoms with Crippen LogP contribution in [-0.4, -0.2) is 16.0 Å². The van der Waals surface area contributed by atoms with Gasteiger partial charge in [0, 0.05) is 16.2 Å². The third kappa shape index (κ3) is 3.95. The van der Waals surface area contributed by atoms with Crippen LogP contribution in [0, 0.1) is 6.92 Å². The van der Waals surface area contributed by atoms with Gasteiger partial charge in [0.15, 0.2) is 5.82 Å². The highest BCUT2D eigenvalue weighted by molar-refractivity contribution is 9.10. The summed E-state index contributed by atoms with van der Waals surface area (Å²) < 4.78 is 5.88. The fraction of sp³-hybridized carbons (Fsp3) is 0.0625. The van der Waals surface area contributed by atoms with Gasteiger partial charge in [0.1, 0.15) is 11.5 Å². The van der Waals surface area contributed by atoms with E-state index in [2.05, 4.69) is 36.7 Å². The third-order valence-corrected chi connectivity index (χ3v) is 3.47. The largest absolute Gasteiger partial charge is 0.360 e. The van der Waals surface area contributed by atoms with Crippen LogP contribution in [-0.2, 0) is 0 Å². The summed E-state index contributed by atoms with van der Waals surface area (Å²) in [5, 5.41) is 9.55. The second kappa shape index (κ2) is 6.62. The smallest absolute Gasteiger partial charge is 0.275 e. The average Bonchev–Trinajstić information content (AvgIpc) is 2.93. The number of anilines is 3. The summed E-state index contributed by atoms with van der Waals surface area (Å²) in [6.07, 6.45) is 1.60. The minimum absolute atomic E-state index is 0.297. The average molecular weight is 373 g/mol. The Morgan fingerprint density at radius 1 is 1.17 bits per heavy atom. The number of halogens is 1. The molecule has 0 aliphatic heterocycles. The minimum Gasteiger partial charge on any atom is -0.360 e. The van der Waals surface area contributed by atoms with Gasteiger partial charge in [-0.2, -0.15) is 0 Å². The van der Waals surface area contributed by atoms with Crippen molar-refractivity contribution in [2.45, 2.75) is 6.92 Å². The van der Waals surface area contributed by atoms with Crippen LogP contribution in [0.25, 0.3) is 0 Å². The number of pyridine rings is 1. The van der Waals surface area contributed by atoms with Crippen LogP contribution < -0.4 is 10.6 Å². The molecule has 0 fully saturated rings. The summed E-state index contributed by atoms with van der Waals surface area (Å²) in [5.74, 6) is 0.653. The number of amides is 1. The van der Waals surface area contributed by atoms with E-state index in [1.807, 2.05) is 24.3 Å².